The van der Waals surface area contributed by atoms with Gasteiger partial charge < -0.3 is 19.5 Å². The molecule has 1 unspecified atom stereocenters. The number of ether oxygens (including phenoxy) is 1. The molecule has 0 spiro atoms. The summed E-state index contributed by atoms with van der Waals surface area (Å²) in [6.45, 7) is 3.49. The van der Waals surface area contributed by atoms with Gasteiger partial charge in [-0.2, -0.15) is 0 Å². The fourth-order valence-electron chi connectivity index (χ4n) is 3.20. The van der Waals surface area contributed by atoms with E-state index in [0.29, 0.717) is 25.3 Å². The number of likely N-dealkylation sites (tertiary alicyclic amines) is 1. The van der Waals surface area contributed by atoms with E-state index in [0.717, 1.165) is 30.9 Å². The Bertz CT molecular complexity index is 785. The fourth-order valence-corrected chi connectivity index (χ4v) is 3.20. The van der Waals surface area contributed by atoms with E-state index in [1.165, 1.54) is 0 Å². The third-order valence-electron chi connectivity index (χ3n) is 4.86. The lowest BCUT2D eigenvalue weighted by molar-refractivity contribution is -0.134. The number of piperidine rings is 1. The number of hydrogen-bond donors (Lipinski definition) is 1. The van der Waals surface area contributed by atoms with E-state index in [-0.39, 0.29) is 17.7 Å². The van der Waals surface area contributed by atoms with Gasteiger partial charge in [0, 0.05) is 44.6 Å². The van der Waals surface area contributed by atoms with Crippen molar-refractivity contribution in [3.8, 4) is 5.75 Å². The second-order valence-corrected chi connectivity index (χ2v) is 6.79. The zero-order chi connectivity index (χ0) is 19.2. The monoisotopic (exact) mass is 370 g/mol. The Labute approximate surface area is 159 Å². The minimum atomic E-state index is -0.159. The van der Waals surface area contributed by atoms with Gasteiger partial charge in [-0.25, -0.2) is 4.98 Å². The minimum absolute atomic E-state index is 0.0368. The van der Waals surface area contributed by atoms with Crippen LogP contribution in [-0.4, -0.2) is 39.4 Å². The third-order valence-corrected chi connectivity index (χ3v) is 4.86. The first kappa shape index (κ1) is 18.9. The van der Waals surface area contributed by atoms with Crippen LogP contribution in [0.2, 0.25) is 0 Å². The first-order valence-electron chi connectivity index (χ1n) is 9.34. The second kappa shape index (κ2) is 8.70. The van der Waals surface area contributed by atoms with Gasteiger partial charge >= 0.3 is 0 Å². The maximum absolute atomic E-state index is 12.5. The number of amides is 2. The van der Waals surface area contributed by atoms with Crippen LogP contribution in [0.4, 0.5) is 5.69 Å². The van der Waals surface area contributed by atoms with E-state index in [1.54, 1.807) is 11.1 Å². The summed E-state index contributed by atoms with van der Waals surface area (Å²) in [5, 5.41) is 2.95. The zero-order valence-electron chi connectivity index (χ0n) is 15.9. The Balaban J connectivity index is 1.52. The molecule has 0 aliphatic carbocycles. The van der Waals surface area contributed by atoms with Gasteiger partial charge in [-0.1, -0.05) is 6.92 Å². The van der Waals surface area contributed by atoms with Crippen LogP contribution >= 0.6 is 0 Å². The van der Waals surface area contributed by atoms with Gasteiger partial charge in [0.05, 0.1) is 5.92 Å². The smallest absolute Gasteiger partial charge is 0.229 e. The molecule has 1 saturated heterocycles. The van der Waals surface area contributed by atoms with E-state index >= 15 is 0 Å². The number of benzene rings is 1. The van der Waals surface area contributed by atoms with Crippen molar-refractivity contribution in [2.75, 3.05) is 18.4 Å². The molecule has 1 atom stereocenters. The Morgan fingerprint density at radius 2 is 2.07 bits per heavy atom. The average molecular weight is 370 g/mol. The maximum atomic E-state index is 12.5. The highest BCUT2D eigenvalue weighted by Crippen LogP contribution is 2.21. The first-order valence-corrected chi connectivity index (χ1v) is 9.34. The third kappa shape index (κ3) is 4.87. The summed E-state index contributed by atoms with van der Waals surface area (Å²) in [5.74, 6) is 1.48. The zero-order valence-corrected chi connectivity index (χ0v) is 15.9. The van der Waals surface area contributed by atoms with Crippen molar-refractivity contribution in [3.63, 3.8) is 0 Å². The number of rotatable bonds is 6. The van der Waals surface area contributed by atoms with Gasteiger partial charge in [0.25, 0.3) is 0 Å². The molecule has 1 aromatic heterocycles. The summed E-state index contributed by atoms with van der Waals surface area (Å²) in [6, 6.07) is 7.30. The molecule has 2 amide bonds. The number of carbonyl (C=O) groups is 2. The van der Waals surface area contributed by atoms with Crippen LogP contribution < -0.4 is 10.1 Å². The highest BCUT2D eigenvalue weighted by Gasteiger charge is 2.27. The first-order chi connectivity index (χ1) is 13.1. The Kier molecular flexibility index (Phi) is 6.11. The van der Waals surface area contributed by atoms with Gasteiger partial charge in [-0.05, 0) is 37.1 Å². The van der Waals surface area contributed by atoms with Gasteiger partial charge in [0.2, 0.25) is 11.8 Å². The summed E-state index contributed by atoms with van der Waals surface area (Å²) >= 11 is 0. The highest BCUT2D eigenvalue weighted by atomic mass is 16.5. The van der Waals surface area contributed by atoms with Crippen LogP contribution in [0.1, 0.15) is 32.0 Å². The van der Waals surface area contributed by atoms with E-state index in [1.807, 2.05) is 49.0 Å². The number of imidazole rings is 1. The molecular weight excluding hydrogens is 344 g/mol. The molecule has 0 saturated carbocycles. The molecule has 7 nitrogen and oxygen atoms in total. The van der Waals surface area contributed by atoms with Gasteiger partial charge in [-0.3, -0.25) is 9.59 Å². The number of aryl methyl sites for hydroxylation is 1. The predicted molar refractivity (Wildman–Crippen MR) is 102 cm³/mol. The van der Waals surface area contributed by atoms with Crippen LogP contribution in [0, 0.1) is 5.92 Å². The van der Waals surface area contributed by atoms with Gasteiger partial charge in [0.15, 0.2) is 0 Å². The Hall–Kier alpha value is -2.83. The lowest BCUT2D eigenvalue weighted by atomic mass is 9.96. The summed E-state index contributed by atoms with van der Waals surface area (Å²) in [6.07, 6.45) is 5.76. The molecule has 3 rings (SSSR count). The standard InChI is InChI=1S/C20H26N4O3/c1-3-19(25)24-11-4-5-15(13-24)20(26)22-16-6-8-17(9-7-16)27-14-18-21-10-12-23(18)2/h6-10,12,15H,3-5,11,13-14H2,1-2H3,(H,22,26). The fraction of sp³-hybridized carbons (Fsp3) is 0.450. The molecule has 27 heavy (non-hydrogen) atoms. The molecule has 0 bridgehead atoms. The molecule has 144 valence electrons. The quantitative estimate of drug-likeness (QED) is 0.848. The predicted octanol–water partition coefficient (Wildman–Crippen LogP) is 2.59. The lowest BCUT2D eigenvalue weighted by Crippen LogP contribution is -2.43. The summed E-state index contributed by atoms with van der Waals surface area (Å²) < 4.78 is 7.63. The summed E-state index contributed by atoms with van der Waals surface area (Å²) in [4.78, 5) is 30.4. The normalized spacial score (nSPS) is 16.8. The van der Waals surface area contributed by atoms with E-state index < -0.39 is 0 Å². The lowest BCUT2D eigenvalue weighted by Gasteiger charge is -2.31. The number of nitrogens with one attached hydrogen (secondary N) is 1. The van der Waals surface area contributed by atoms with Crippen LogP contribution in [0.3, 0.4) is 0 Å². The molecule has 2 heterocycles. The van der Waals surface area contributed by atoms with Crippen molar-refractivity contribution in [2.45, 2.75) is 32.8 Å². The number of aromatic nitrogens is 2. The highest BCUT2D eigenvalue weighted by molar-refractivity contribution is 5.93. The van der Waals surface area contributed by atoms with E-state index in [2.05, 4.69) is 10.3 Å². The van der Waals surface area contributed by atoms with Crippen LogP contribution in [0.25, 0.3) is 0 Å². The largest absolute Gasteiger partial charge is 0.486 e. The van der Waals surface area contributed by atoms with Crippen LogP contribution in [0.15, 0.2) is 36.7 Å². The summed E-state index contributed by atoms with van der Waals surface area (Å²) in [5.41, 5.74) is 0.725. The second-order valence-electron chi connectivity index (χ2n) is 6.79. The number of anilines is 1. The van der Waals surface area contributed by atoms with Crippen molar-refractivity contribution in [2.24, 2.45) is 13.0 Å². The molecule has 0 radical (unpaired) electrons. The van der Waals surface area contributed by atoms with Gasteiger partial charge in [-0.15, -0.1) is 0 Å². The molecule has 1 fully saturated rings. The van der Waals surface area contributed by atoms with E-state index in [9.17, 15) is 9.59 Å². The van der Waals surface area contributed by atoms with Crippen molar-refractivity contribution < 1.29 is 14.3 Å². The minimum Gasteiger partial charge on any atom is -0.486 e. The molecule has 2 aromatic rings. The van der Waals surface area contributed by atoms with Crippen LogP contribution in [-0.2, 0) is 23.2 Å². The number of nitrogens with zero attached hydrogens (tertiary/aromatic N) is 3. The Morgan fingerprint density at radius 3 is 2.74 bits per heavy atom. The van der Waals surface area contributed by atoms with Crippen LogP contribution in [0.5, 0.6) is 5.75 Å². The molecule has 1 N–H and O–H groups in total. The molecule has 1 aromatic carbocycles. The Morgan fingerprint density at radius 1 is 1.30 bits per heavy atom. The number of carbonyl (C=O) groups excluding carboxylic acids is 2. The van der Waals surface area contributed by atoms with Crippen molar-refractivity contribution in [1.82, 2.24) is 14.5 Å². The molecule has 7 heteroatoms. The summed E-state index contributed by atoms with van der Waals surface area (Å²) in [7, 11) is 1.92. The van der Waals surface area contributed by atoms with E-state index in [4.69, 9.17) is 4.74 Å². The molecule has 1 aliphatic heterocycles. The van der Waals surface area contributed by atoms with Gasteiger partial charge in [0.1, 0.15) is 18.2 Å². The number of hydrogen-bond acceptors (Lipinski definition) is 4. The van der Waals surface area contributed by atoms with Crippen molar-refractivity contribution >= 4 is 17.5 Å². The average Bonchev–Trinajstić information content (AvgIpc) is 3.11. The molecular formula is C20H26N4O3. The topological polar surface area (TPSA) is 76.5 Å². The van der Waals surface area contributed by atoms with Crippen molar-refractivity contribution in [3.05, 3.63) is 42.5 Å². The maximum Gasteiger partial charge on any atom is 0.229 e. The molecule has 1 aliphatic rings. The van der Waals surface area contributed by atoms with Crippen molar-refractivity contribution in [1.29, 1.82) is 0 Å². The SMILES string of the molecule is CCC(=O)N1CCCC(C(=O)Nc2ccc(OCc3nccn3C)cc2)C1.